The molecule has 17 heavy (non-hydrogen) atoms. The summed E-state index contributed by atoms with van der Waals surface area (Å²) in [5.74, 6) is 1.11. The van der Waals surface area contributed by atoms with Crippen LogP contribution >= 0.6 is 11.8 Å². The highest BCUT2D eigenvalue weighted by Gasteiger charge is 2.05. The van der Waals surface area contributed by atoms with Crippen molar-refractivity contribution in [3.63, 3.8) is 0 Å². The Labute approximate surface area is 106 Å². The zero-order chi connectivity index (χ0) is 11.7. The highest BCUT2D eigenvalue weighted by molar-refractivity contribution is 7.99. The van der Waals surface area contributed by atoms with Crippen molar-refractivity contribution in [3.05, 3.63) is 54.6 Å². The summed E-state index contributed by atoms with van der Waals surface area (Å²) in [6, 6.07) is 19.6. The molecule has 0 aliphatic rings. The van der Waals surface area contributed by atoms with Crippen molar-refractivity contribution in [3.8, 4) is 0 Å². The topological polar surface area (TPSA) is 0 Å². The van der Waals surface area contributed by atoms with Crippen molar-refractivity contribution in [1.82, 2.24) is 0 Å². The monoisotopic (exact) mass is 238 g/mol. The van der Waals surface area contributed by atoms with Crippen LogP contribution in [0.4, 0.5) is 0 Å². The number of hydrogen-bond donors (Lipinski definition) is 0. The molecule has 0 fully saturated rings. The molecule has 0 atom stereocenters. The van der Waals surface area contributed by atoms with Crippen molar-refractivity contribution < 1.29 is 0 Å². The minimum Gasteiger partial charge on any atom is -0.126 e. The molecule has 3 aromatic rings. The molecule has 0 unspecified atom stereocenters. The van der Waals surface area contributed by atoms with Crippen LogP contribution in [0.3, 0.4) is 0 Å². The largest absolute Gasteiger partial charge is 0.126 e. The van der Waals surface area contributed by atoms with Gasteiger partial charge in [0.1, 0.15) is 0 Å². The Morgan fingerprint density at radius 3 is 2.24 bits per heavy atom. The molecule has 0 heterocycles. The minimum atomic E-state index is 1.11. The molecule has 0 saturated heterocycles. The average molecular weight is 238 g/mol. The Morgan fingerprint density at radius 2 is 1.47 bits per heavy atom. The summed E-state index contributed by atoms with van der Waals surface area (Å²) in [4.78, 5) is 1.39. The normalized spacial score (nSPS) is 11.1. The molecule has 0 radical (unpaired) electrons. The predicted molar refractivity (Wildman–Crippen MR) is 77.9 cm³/mol. The lowest BCUT2D eigenvalue weighted by atomic mass is 10.0. The van der Waals surface area contributed by atoms with E-state index in [1.165, 1.54) is 26.4 Å². The van der Waals surface area contributed by atoms with E-state index in [4.69, 9.17) is 0 Å². The summed E-state index contributed by atoms with van der Waals surface area (Å²) in [5.41, 5.74) is 0. The second kappa shape index (κ2) is 4.42. The van der Waals surface area contributed by atoms with E-state index >= 15 is 0 Å². The van der Waals surface area contributed by atoms with Crippen LogP contribution in [0.15, 0.2) is 59.5 Å². The van der Waals surface area contributed by atoms with Gasteiger partial charge < -0.3 is 0 Å². The Balaban J connectivity index is 2.45. The summed E-state index contributed by atoms with van der Waals surface area (Å²) >= 11 is 1.92. The highest BCUT2D eigenvalue weighted by Crippen LogP contribution is 2.33. The molecular weight excluding hydrogens is 224 g/mol. The van der Waals surface area contributed by atoms with Crippen molar-refractivity contribution in [1.29, 1.82) is 0 Å². The molecule has 3 aromatic carbocycles. The van der Waals surface area contributed by atoms with Crippen molar-refractivity contribution in [2.45, 2.75) is 11.8 Å². The number of rotatable bonds is 2. The number of thioether (sulfide) groups is 1. The summed E-state index contributed by atoms with van der Waals surface area (Å²) in [6.45, 7) is 2.20. The van der Waals surface area contributed by atoms with Crippen LogP contribution in [0, 0.1) is 0 Å². The maximum atomic E-state index is 2.31. The fourth-order valence-electron chi connectivity index (χ4n) is 2.29. The van der Waals surface area contributed by atoms with Crippen LogP contribution in [0.25, 0.3) is 21.5 Å². The lowest BCUT2D eigenvalue weighted by Gasteiger charge is -2.09. The lowest BCUT2D eigenvalue weighted by Crippen LogP contribution is -1.82. The molecule has 84 valence electrons. The van der Waals surface area contributed by atoms with Crippen LogP contribution in [-0.2, 0) is 0 Å². The third-order valence-corrected chi connectivity index (χ3v) is 3.97. The Bertz CT molecular complexity index is 670. The van der Waals surface area contributed by atoms with Gasteiger partial charge in [-0.3, -0.25) is 0 Å². The Hall–Kier alpha value is -1.47. The minimum absolute atomic E-state index is 1.11. The van der Waals surface area contributed by atoms with Crippen LogP contribution in [0.2, 0.25) is 0 Å². The molecule has 0 bridgehead atoms. The predicted octanol–water partition coefficient (Wildman–Crippen LogP) is 5.11. The smallest absolute Gasteiger partial charge is 0.0157 e. The first-order valence-corrected chi connectivity index (χ1v) is 6.92. The first-order chi connectivity index (χ1) is 8.40. The third-order valence-electron chi connectivity index (χ3n) is 3.03. The van der Waals surface area contributed by atoms with E-state index in [-0.39, 0.29) is 0 Å². The Morgan fingerprint density at radius 1 is 0.824 bits per heavy atom. The highest BCUT2D eigenvalue weighted by atomic mass is 32.2. The van der Waals surface area contributed by atoms with E-state index in [0.717, 1.165) is 5.75 Å². The molecule has 0 N–H and O–H groups in total. The molecule has 0 amide bonds. The Kier molecular flexibility index (Phi) is 2.77. The second-order valence-electron chi connectivity index (χ2n) is 4.07. The number of benzene rings is 3. The van der Waals surface area contributed by atoms with Crippen LogP contribution in [0.5, 0.6) is 0 Å². The first-order valence-electron chi connectivity index (χ1n) is 5.93. The molecule has 0 aliphatic carbocycles. The molecule has 0 aliphatic heterocycles. The summed E-state index contributed by atoms with van der Waals surface area (Å²) in [5, 5.41) is 5.42. The van der Waals surface area contributed by atoms with Gasteiger partial charge in [-0.2, -0.15) is 0 Å². The van der Waals surface area contributed by atoms with Gasteiger partial charge in [0.15, 0.2) is 0 Å². The quantitative estimate of drug-likeness (QED) is 0.442. The molecular formula is C16H14S. The zero-order valence-corrected chi connectivity index (χ0v) is 10.6. The van der Waals surface area contributed by atoms with Gasteiger partial charge in [-0.25, -0.2) is 0 Å². The van der Waals surface area contributed by atoms with Crippen LogP contribution in [-0.4, -0.2) is 5.75 Å². The lowest BCUT2D eigenvalue weighted by molar-refractivity contribution is 1.49. The van der Waals surface area contributed by atoms with Gasteiger partial charge in [-0.15, -0.1) is 11.8 Å². The van der Waals surface area contributed by atoms with Gasteiger partial charge >= 0.3 is 0 Å². The summed E-state index contributed by atoms with van der Waals surface area (Å²) in [6.07, 6.45) is 0. The fraction of sp³-hybridized carbons (Fsp3) is 0.125. The van der Waals surface area contributed by atoms with Gasteiger partial charge in [-0.05, 0) is 33.4 Å². The van der Waals surface area contributed by atoms with Gasteiger partial charge in [-0.1, -0.05) is 55.5 Å². The maximum absolute atomic E-state index is 2.31. The summed E-state index contributed by atoms with van der Waals surface area (Å²) < 4.78 is 0. The van der Waals surface area contributed by atoms with Crippen molar-refractivity contribution in [2.24, 2.45) is 0 Å². The van der Waals surface area contributed by atoms with E-state index in [0.29, 0.717) is 0 Å². The standard InChI is InChI=1S/C16H14S/c1-2-17-16-11-12-7-3-4-8-13(12)14-9-5-6-10-15(14)16/h3-11H,2H2,1H3. The number of fused-ring (bicyclic) bond motifs is 3. The van der Waals surface area contributed by atoms with Gasteiger partial charge in [0.05, 0.1) is 0 Å². The van der Waals surface area contributed by atoms with Crippen molar-refractivity contribution >= 4 is 33.3 Å². The summed E-state index contributed by atoms with van der Waals surface area (Å²) in [7, 11) is 0. The molecule has 0 nitrogen and oxygen atoms in total. The first kappa shape index (κ1) is 10.7. The molecule has 1 heteroatoms. The molecule has 0 aromatic heterocycles. The van der Waals surface area contributed by atoms with Crippen LogP contribution < -0.4 is 0 Å². The second-order valence-corrected chi connectivity index (χ2v) is 5.38. The maximum Gasteiger partial charge on any atom is 0.0157 e. The molecule has 0 spiro atoms. The zero-order valence-electron chi connectivity index (χ0n) is 9.81. The van der Waals surface area contributed by atoms with E-state index in [1.54, 1.807) is 0 Å². The van der Waals surface area contributed by atoms with Gasteiger partial charge in [0.2, 0.25) is 0 Å². The van der Waals surface area contributed by atoms with Crippen LogP contribution in [0.1, 0.15) is 6.92 Å². The third kappa shape index (κ3) is 1.81. The average Bonchev–Trinajstić information content (AvgIpc) is 2.39. The fourth-order valence-corrected chi connectivity index (χ4v) is 3.15. The van der Waals surface area contributed by atoms with E-state index in [9.17, 15) is 0 Å². The van der Waals surface area contributed by atoms with E-state index < -0.39 is 0 Å². The number of hydrogen-bond acceptors (Lipinski definition) is 1. The SMILES string of the molecule is CCSc1cc2ccccc2c2ccccc12. The van der Waals surface area contributed by atoms with Gasteiger partial charge in [0.25, 0.3) is 0 Å². The molecule has 3 rings (SSSR count). The van der Waals surface area contributed by atoms with Gasteiger partial charge in [0, 0.05) is 4.90 Å². The molecule has 0 saturated carbocycles. The van der Waals surface area contributed by atoms with E-state index in [2.05, 4.69) is 61.5 Å². The van der Waals surface area contributed by atoms with Crippen molar-refractivity contribution in [2.75, 3.05) is 5.75 Å². The van der Waals surface area contributed by atoms with E-state index in [1.807, 2.05) is 11.8 Å².